The van der Waals surface area contributed by atoms with Gasteiger partial charge in [0.25, 0.3) is 5.91 Å². The van der Waals surface area contributed by atoms with Crippen LogP contribution < -0.4 is 11.1 Å². The molecule has 0 fully saturated rings. The third-order valence-electron chi connectivity index (χ3n) is 1.11. The predicted molar refractivity (Wildman–Crippen MR) is 47.7 cm³/mol. The Balaban J connectivity index is 2.61. The number of carbonyl (C=O) groups is 1. The quantitative estimate of drug-likeness (QED) is 0.635. The van der Waals surface area contributed by atoms with Crippen molar-refractivity contribution in [2.24, 2.45) is 0 Å². The molecule has 0 aromatic carbocycles. The Kier molecular flexibility index (Phi) is 2.66. The summed E-state index contributed by atoms with van der Waals surface area (Å²) >= 11 is 1.22. The Hall–Kier alpha value is -1.54. The molecule has 1 aromatic heterocycles. The van der Waals surface area contributed by atoms with Gasteiger partial charge in [0.05, 0.1) is 6.54 Å². The minimum absolute atomic E-state index is 0.205. The van der Waals surface area contributed by atoms with E-state index in [0.29, 0.717) is 10.8 Å². The van der Waals surface area contributed by atoms with Crippen molar-refractivity contribution >= 4 is 22.4 Å². The largest absolute Gasteiger partial charge is 0.375 e. The number of nitrogen functional groups attached to an aromatic ring is 1. The number of nitrogens with one attached hydrogen (secondary N) is 1. The van der Waals surface area contributed by atoms with E-state index in [0.717, 1.165) is 0 Å². The molecule has 0 radical (unpaired) electrons. The van der Waals surface area contributed by atoms with Gasteiger partial charge in [-0.15, -0.1) is 17.8 Å². The van der Waals surface area contributed by atoms with Gasteiger partial charge in [-0.3, -0.25) is 4.79 Å². The minimum Gasteiger partial charge on any atom is -0.375 e. The second-order valence-electron chi connectivity index (χ2n) is 1.96. The zero-order chi connectivity index (χ0) is 8.97. The van der Waals surface area contributed by atoms with Crippen molar-refractivity contribution in [2.75, 3.05) is 12.3 Å². The molecule has 0 atom stereocenters. The number of aromatic nitrogens is 1. The minimum atomic E-state index is -0.291. The third-order valence-corrected chi connectivity index (χ3v) is 1.78. The molecule has 0 saturated heterocycles. The zero-order valence-electron chi connectivity index (χ0n) is 6.20. The first-order valence-electron chi connectivity index (χ1n) is 3.16. The van der Waals surface area contributed by atoms with Crippen LogP contribution in [0.15, 0.2) is 5.38 Å². The van der Waals surface area contributed by atoms with Crippen LogP contribution >= 0.6 is 11.3 Å². The van der Waals surface area contributed by atoms with E-state index in [2.05, 4.69) is 16.2 Å². The van der Waals surface area contributed by atoms with Crippen LogP contribution in [0.25, 0.3) is 0 Å². The van der Waals surface area contributed by atoms with Gasteiger partial charge >= 0.3 is 0 Å². The monoisotopic (exact) mass is 181 g/mol. The molecule has 1 heterocycles. The van der Waals surface area contributed by atoms with Crippen LogP contribution in [0, 0.1) is 12.3 Å². The molecule has 0 spiro atoms. The SMILES string of the molecule is C#CCNC(=O)c1csc(N)n1. The number of carbonyl (C=O) groups excluding carboxylic acids is 1. The van der Waals surface area contributed by atoms with Crippen LogP contribution in [0.4, 0.5) is 5.13 Å². The average Bonchev–Trinajstić information content (AvgIpc) is 2.47. The Morgan fingerprint density at radius 1 is 1.92 bits per heavy atom. The fourth-order valence-corrected chi connectivity index (χ4v) is 1.16. The summed E-state index contributed by atoms with van der Waals surface area (Å²) in [5, 5.41) is 4.44. The maximum absolute atomic E-state index is 11.1. The molecular formula is C7H7N3OS. The van der Waals surface area contributed by atoms with E-state index in [-0.39, 0.29) is 12.5 Å². The lowest BCUT2D eigenvalue weighted by molar-refractivity contribution is 0.0954. The second kappa shape index (κ2) is 3.74. The lowest BCUT2D eigenvalue weighted by Crippen LogP contribution is -2.23. The van der Waals surface area contributed by atoms with E-state index >= 15 is 0 Å². The maximum atomic E-state index is 11.1. The highest BCUT2D eigenvalue weighted by molar-refractivity contribution is 7.13. The van der Waals surface area contributed by atoms with Gasteiger partial charge in [-0.05, 0) is 0 Å². The second-order valence-corrected chi connectivity index (χ2v) is 2.85. The number of amides is 1. The first-order chi connectivity index (χ1) is 5.74. The molecule has 1 rings (SSSR count). The van der Waals surface area contributed by atoms with Gasteiger partial charge in [-0.25, -0.2) is 4.98 Å². The topological polar surface area (TPSA) is 68.0 Å². The molecule has 0 bridgehead atoms. The number of hydrogen-bond donors (Lipinski definition) is 2. The highest BCUT2D eigenvalue weighted by Crippen LogP contribution is 2.10. The molecule has 0 unspecified atom stereocenters. The molecule has 0 saturated carbocycles. The molecular weight excluding hydrogens is 174 g/mol. The summed E-state index contributed by atoms with van der Waals surface area (Å²) < 4.78 is 0. The lowest BCUT2D eigenvalue weighted by Gasteiger charge is -1.94. The smallest absolute Gasteiger partial charge is 0.271 e. The number of thiazole rings is 1. The number of nitrogens with zero attached hydrogens (tertiary/aromatic N) is 1. The molecule has 1 aromatic rings. The molecule has 3 N–H and O–H groups in total. The summed E-state index contributed by atoms with van der Waals surface area (Å²) in [7, 11) is 0. The van der Waals surface area contributed by atoms with Crippen molar-refractivity contribution < 1.29 is 4.79 Å². The number of nitrogens with two attached hydrogens (primary N) is 1. The molecule has 62 valence electrons. The lowest BCUT2D eigenvalue weighted by atomic mass is 10.4. The maximum Gasteiger partial charge on any atom is 0.271 e. The van der Waals surface area contributed by atoms with Gasteiger partial charge in [0.2, 0.25) is 0 Å². The summed E-state index contributed by atoms with van der Waals surface area (Å²) in [5.74, 6) is 2.00. The van der Waals surface area contributed by atoms with Crippen LogP contribution in [0.5, 0.6) is 0 Å². The first kappa shape index (κ1) is 8.56. The van der Waals surface area contributed by atoms with Crippen LogP contribution in [0.3, 0.4) is 0 Å². The van der Waals surface area contributed by atoms with E-state index in [4.69, 9.17) is 12.2 Å². The van der Waals surface area contributed by atoms with Gasteiger partial charge < -0.3 is 11.1 Å². The van der Waals surface area contributed by atoms with Crippen molar-refractivity contribution in [1.82, 2.24) is 10.3 Å². The molecule has 0 aliphatic heterocycles. The number of anilines is 1. The van der Waals surface area contributed by atoms with E-state index < -0.39 is 0 Å². The predicted octanol–water partition coefficient (Wildman–Crippen LogP) is 0.0883. The Bertz CT molecular complexity index is 326. The molecule has 0 aliphatic carbocycles. The standard InChI is InChI=1S/C7H7N3OS/c1-2-3-9-6(11)5-4-12-7(8)10-5/h1,4H,3H2,(H2,8,10)(H,9,11). The van der Waals surface area contributed by atoms with Crippen LogP contribution in [0.2, 0.25) is 0 Å². The van der Waals surface area contributed by atoms with E-state index in [1.165, 1.54) is 11.3 Å². The van der Waals surface area contributed by atoms with E-state index in [1.807, 2.05) is 0 Å². The van der Waals surface area contributed by atoms with Gasteiger partial charge in [0.15, 0.2) is 5.13 Å². The fourth-order valence-electron chi connectivity index (χ4n) is 0.614. The Labute approximate surface area is 73.8 Å². The Morgan fingerprint density at radius 2 is 2.67 bits per heavy atom. The molecule has 0 aliphatic rings. The van der Waals surface area contributed by atoms with E-state index in [9.17, 15) is 4.79 Å². The van der Waals surface area contributed by atoms with Crippen molar-refractivity contribution in [2.45, 2.75) is 0 Å². The number of hydrogen-bond acceptors (Lipinski definition) is 4. The number of terminal acetylenes is 1. The average molecular weight is 181 g/mol. The summed E-state index contributed by atoms with van der Waals surface area (Å²) in [6, 6.07) is 0. The summed E-state index contributed by atoms with van der Waals surface area (Å²) in [5.41, 5.74) is 5.64. The summed E-state index contributed by atoms with van der Waals surface area (Å²) in [6.45, 7) is 0.205. The molecule has 5 heteroatoms. The van der Waals surface area contributed by atoms with Crippen LogP contribution in [-0.2, 0) is 0 Å². The van der Waals surface area contributed by atoms with Crippen molar-refractivity contribution in [3.63, 3.8) is 0 Å². The summed E-state index contributed by atoms with van der Waals surface area (Å²) in [6.07, 6.45) is 4.95. The van der Waals surface area contributed by atoms with Crippen LogP contribution in [0.1, 0.15) is 10.5 Å². The van der Waals surface area contributed by atoms with Gasteiger partial charge in [-0.2, -0.15) is 0 Å². The highest BCUT2D eigenvalue weighted by atomic mass is 32.1. The van der Waals surface area contributed by atoms with E-state index in [1.54, 1.807) is 5.38 Å². The molecule has 1 amide bonds. The molecule has 12 heavy (non-hydrogen) atoms. The Morgan fingerprint density at radius 3 is 3.17 bits per heavy atom. The number of rotatable bonds is 2. The third kappa shape index (κ3) is 1.97. The molecule has 4 nitrogen and oxygen atoms in total. The normalized spacial score (nSPS) is 8.92. The van der Waals surface area contributed by atoms with Crippen molar-refractivity contribution in [3.05, 3.63) is 11.1 Å². The fraction of sp³-hybridized carbons (Fsp3) is 0.143. The first-order valence-corrected chi connectivity index (χ1v) is 4.04. The van der Waals surface area contributed by atoms with Gasteiger partial charge in [0, 0.05) is 5.38 Å². The van der Waals surface area contributed by atoms with Crippen molar-refractivity contribution in [3.8, 4) is 12.3 Å². The van der Waals surface area contributed by atoms with Crippen molar-refractivity contribution in [1.29, 1.82) is 0 Å². The van der Waals surface area contributed by atoms with Crippen LogP contribution in [-0.4, -0.2) is 17.4 Å². The van der Waals surface area contributed by atoms with Gasteiger partial charge in [0.1, 0.15) is 5.69 Å². The summed E-state index contributed by atoms with van der Waals surface area (Å²) in [4.78, 5) is 14.9. The van der Waals surface area contributed by atoms with Gasteiger partial charge in [-0.1, -0.05) is 5.92 Å². The zero-order valence-corrected chi connectivity index (χ0v) is 7.02. The highest BCUT2D eigenvalue weighted by Gasteiger charge is 2.07.